The van der Waals surface area contributed by atoms with E-state index in [1.165, 1.54) is 19.4 Å². The average molecular weight is 330 g/mol. The number of rotatable bonds is 7. The third-order valence-electron chi connectivity index (χ3n) is 5.67. The summed E-state index contributed by atoms with van der Waals surface area (Å²) in [5.41, 5.74) is 0.117. The molecular weight excluding hydrogens is 300 g/mol. The van der Waals surface area contributed by atoms with Crippen molar-refractivity contribution >= 4 is 10.0 Å². The Bertz CT molecular complexity index is 492. The van der Waals surface area contributed by atoms with Crippen LogP contribution < -0.4 is 0 Å². The third kappa shape index (κ3) is 3.35. The van der Waals surface area contributed by atoms with E-state index >= 15 is 0 Å². The van der Waals surface area contributed by atoms with Crippen molar-refractivity contribution in [2.45, 2.75) is 32.6 Å². The second-order valence-electron chi connectivity index (χ2n) is 7.55. The predicted molar refractivity (Wildman–Crippen MR) is 87.2 cm³/mol. The van der Waals surface area contributed by atoms with Crippen molar-refractivity contribution in [1.82, 2.24) is 9.21 Å². The Hall–Kier alpha value is -0.170. The largest absolute Gasteiger partial charge is 0.384 e. The zero-order valence-corrected chi connectivity index (χ0v) is 14.8. The van der Waals surface area contributed by atoms with Gasteiger partial charge in [0.05, 0.1) is 12.4 Å². The molecule has 6 heteroatoms. The monoisotopic (exact) mass is 330 g/mol. The highest BCUT2D eigenvalue weighted by Crippen LogP contribution is 2.46. The van der Waals surface area contributed by atoms with Gasteiger partial charge in [0, 0.05) is 51.2 Å². The predicted octanol–water partition coefficient (Wildman–Crippen LogP) is 1.41. The quantitative estimate of drug-likeness (QED) is 0.708. The molecule has 0 aromatic rings. The van der Waals surface area contributed by atoms with Gasteiger partial charge in [-0.1, -0.05) is 6.92 Å². The van der Waals surface area contributed by atoms with Crippen molar-refractivity contribution in [2.24, 2.45) is 17.3 Å². The molecule has 0 unspecified atom stereocenters. The number of hydrogen-bond donors (Lipinski definition) is 0. The van der Waals surface area contributed by atoms with E-state index < -0.39 is 10.0 Å². The van der Waals surface area contributed by atoms with Crippen LogP contribution in [0, 0.1) is 17.3 Å². The maximum absolute atomic E-state index is 12.4. The van der Waals surface area contributed by atoms with Gasteiger partial charge in [0.2, 0.25) is 10.0 Å². The topological polar surface area (TPSA) is 49.9 Å². The van der Waals surface area contributed by atoms with Gasteiger partial charge in [0.1, 0.15) is 0 Å². The molecule has 2 saturated heterocycles. The molecule has 0 bridgehead atoms. The Kier molecular flexibility index (Phi) is 4.84. The standard InChI is InChI=1S/C16H30N2O3S/c1-3-8-22(19,20)18-7-6-16(13-18)12-17(9-14-4-5-14)10-15(16)11-21-2/h14-15H,3-13H2,1-2H3/t15-,16-/m1/s1. The molecular formula is C16H30N2O3S. The van der Waals surface area contributed by atoms with Crippen LogP contribution >= 0.6 is 0 Å². The molecule has 3 rings (SSSR count). The fourth-order valence-electron chi connectivity index (χ4n) is 4.32. The highest BCUT2D eigenvalue weighted by molar-refractivity contribution is 7.89. The second kappa shape index (κ2) is 6.38. The summed E-state index contributed by atoms with van der Waals surface area (Å²) in [6, 6.07) is 0. The summed E-state index contributed by atoms with van der Waals surface area (Å²) >= 11 is 0. The van der Waals surface area contributed by atoms with Gasteiger partial charge in [-0.05, 0) is 31.6 Å². The van der Waals surface area contributed by atoms with E-state index in [1.54, 1.807) is 11.4 Å². The molecule has 1 saturated carbocycles. The third-order valence-corrected chi connectivity index (χ3v) is 7.69. The number of nitrogens with zero attached hydrogens (tertiary/aromatic N) is 2. The van der Waals surface area contributed by atoms with E-state index in [1.807, 2.05) is 6.92 Å². The van der Waals surface area contributed by atoms with Gasteiger partial charge in [-0.2, -0.15) is 0 Å². The molecule has 2 atom stereocenters. The fourth-order valence-corrected chi connectivity index (χ4v) is 5.92. The van der Waals surface area contributed by atoms with Gasteiger partial charge < -0.3 is 9.64 Å². The smallest absolute Gasteiger partial charge is 0.214 e. The Labute approximate surface area is 135 Å². The number of ether oxygens (including phenoxy) is 1. The second-order valence-corrected chi connectivity index (χ2v) is 9.64. The van der Waals surface area contributed by atoms with Crippen LogP contribution in [-0.2, 0) is 14.8 Å². The van der Waals surface area contributed by atoms with Crippen molar-refractivity contribution in [3.63, 3.8) is 0 Å². The number of likely N-dealkylation sites (tertiary alicyclic amines) is 1. The summed E-state index contributed by atoms with van der Waals surface area (Å²) < 4.78 is 32.0. The lowest BCUT2D eigenvalue weighted by atomic mass is 9.78. The van der Waals surface area contributed by atoms with Crippen molar-refractivity contribution in [2.75, 3.05) is 52.2 Å². The first-order chi connectivity index (χ1) is 10.5. The summed E-state index contributed by atoms with van der Waals surface area (Å²) in [6.07, 6.45) is 4.43. The minimum Gasteiger partial charge on any atom is -0.384 e. The molecule has 0 N–H and O–H groups in total. The molecule has 0 radical (unpaired) electrons. The van der Waals surface area contributed by atoms with Crippen molar-refractivity contribution in [1.29, 1.82) is 0 Å². The molecule has 0 aromatic carbocycles. The minimum atomic E-state index is -3.07. The lowest BCUT2D eigenvalue weighted by molar-refractivity contribution is 0.101. The van der Waals surface area contributed by atoms with Crippen molar-refractivity contribution in [3.05, 3.63) is 0 Å². The normalized spacial score (nSPS) is 34.0. The van der Waals surface area contributed by atoms with Crippen molar-refractivity contribution < 1.29 is 13.2 Å². The van der Waals surface area contributed by atoms with E-state index in [9.17, 15) is 8.42 Å². The van der Waals surface area contributed by atoms with Crippen LogP contribution in [0.4, 0.5) is 0 Å². The zero-order valence-electron chi connectivity index (χ0n) is 14.0. The van der Waals surface area contributed by atoms with E-state index in [0.29, 0.717) is 25.4 Å². The van der Waals surface area contributed by atoms with Gasteiger partial charge in [-0.15, -0.1) is 0 Å². The van der Waals surface area contributed by atoms with Crippen LogP contribution in [0.15, 0.2) is 0 Å². The van der Waals surface area contributed by atoms with Gasteiger partial charge in [0.25, 0.3) is 0 Å². The van der Waals surface area contributed by atoms with Crippen LogP contribution in [0.2, 0.25) is 0 Å². The highest BCUT2D eigenvalue weighted by atomic mass is 32.2. The Morgan fingerprint density at radius 1 is 1.27 bits per heavy atom. The molecule has 2 aliphatic heterocycles. The van der Waals surface area contributed by atoms with Crippen LogP contribution in [-0.4, -0.2) is 69.8 Å². The van der Waals surface area contributed by atoms with Gasteiger partial charge in [0.15, 0.2) is 0 Å². The van der Waals surface area contributed by atoms with Gasteiger partial charge in [-0.25, -0.2) is 12.7 Å². The van der Waals surface area contributed by atoms with Gasteiger partial charge in [-0.3, -0.25) is 0 Å². The average Bonchev–Trinajstić information content (AvgIpc) is 3.05. The lowest BCUT2D eigenvalue weighted by Crippen LogP contribution is -2.38. The maximum Gasteiger partial charge on any atom is 0.214 e. The SMILES string of the molecule is CCCS(=O)(=O)N1CC[C@@]2(CN(CC3CC3)C[C@@H]2COC)C1. The molecule has 1 spiro atoms. The van der Waals surface area contributed by atoms with Crippen LogP contribution in [0.1, 0.15) is 32.6 Å². The number of methoxy groups -OCH3 is 1. The summed E-state index contributed by atoms with van der Waals surface area (Å²) in [7, 11) is -1.30. The highest BCUT2D eigenvalue weighted by Gasteiger charge is 2.52. The summed E-state index contributed by atoms with van der Waals surface area (Å²) in [5.74, 6) is 1.64. The molecule has 3 fully saturated rings. The molecule has 3 aliphatic rings. The summed E-state index contributed by atoms with van der Waals surface area (Å²) in [5, 5.41) is 0. The van der Waals surface area contributed by atoms with Crippen molar-refractivity contribution in [3.8, 4) is 0 Å². The summed E-state index contributed by atoms with van der Waals surface area (Å²) in [4.78, 5) is 2.57. The Morgan fingerprint density at radius 3 is 2.68 bits per heavy atom. The van der Waals surface area contributed by atoms with E-state index in [-0.39, 0.29) is 11.2 Å². The lowest BCUT2D eigenvalue weighted by Gasteiger charge is -2.30. The molecule has 1 aliphatic carbocycles. The molecule has 0 amide bonds. The molecule has 0 aromatic heterocycles. The summed E-state index contributed by atoms with van der Waals surface area (Å²) in [6.45, 7) is 7.41. The Balaban J connectivity index is 1.70. The fraction of sp³-hybridized carbons (Fsp3) is 1.00. The number of sulfonamides is 1. The zero-order chi connectivity index (χ0) is 15.8. The first kappa shape index (κ1) is 16.7. The molecule has 2 heterocycles. The number of hydrogen-bond acceptors (Lipinski definition) is 4. The maximum atomic E-state index is 12.4. The van der Waals surface area contributed by atoms with Crippen LogP contribution in [0.25, 0.3) is 0 Å². The van der Waals surface area contributed by atoms with E-state index in [2.05, 4.69) is 4.90 Å². The molecule has 128 valence electrons. The first-order valence-electron chi connectivity index (χ1n) is 8.68. The van der Waals surface area contributed by atoms with E-state index in [0.717, 1.165) is 32.0 Å². The van der Waals surface area contributed by atoms with E-state index in [4.69, 9.17) is 4.74 Å². The van der Waals surface area contributed by atoms with Crippen LogP contribution in [0.3, 0.4) is 0 Å². The first-order valence-corrected chi connectivity index (χ1v) is 10.3. The molecule has 5 nitrogen and oxygen atoms in total. The van der Waals surface area contributed by atoms with Gasteiger partial charge >= 0.3 is 0 Å². The Morgan fingerprint density at radius 2 is 2.05 bits per heavy atom. The van der Waals surface area contributed by atoms with Crippen LogP contribution in [0.5, 0.6) is 0 Å². The molecule has 22 heavy (non-hydrogen) atoms. The minimum absolute atomic E-state index is 0.117.